The van der Waals surface area contributed by atoms with Gasteiger partial charge in [0.05, 0.1) is 15.7 Å². The van der Waals surface area contributed by atoms with Crippen molar-refractivity contribution in [2.45, 2.75) is 19.9 Å². The van der Waals surface area contributed by atoms with Crippen LogP contribution in [0.3, 0.4) is 0 Å². The van der Waals surface area contributed by atoms with Gasteiger partial charge >= 0.3 is 0 Å². The average Bonchev–Trinajstić information content (AvgIpc) is 2.69. The van der Waals surface area contributed by atoms with Crippen molar-refractivity contribution < 1.29 is 4.79 Å². The number of carbonyl (C=O) groups is 1. The van der Waals surface area contributed by atoms with Crippen molar-refractivity contribution in [2.24, 2.45) is 0 Å². The Morgan fingerprint density at radius 3 is 2.36 bits per heavy atom. The summed E-state index contributed by atoms with van der Waals surface area (Å²) in [7, 11) is 0. The van der Waals surface area contributed by atoms with Gasteiger partial charge < -0.3 is 10.6 Å². The van der Waals surface area contributed by atoms with Gasteiger partial charge in [0, 0.05) is 22.8 Å². The van der Waals surface area contributed by atoms with Crippen LogP contribution in [0.25, 0.3) is 0 Å². The number of aryl methyl sites for hydroxylation is 1. The maximum absolute atomic E-state index is 12.6. The van der Waals surface area contributed by atoms with Gasteiger partial charge in [0.15, 0.2) is 0 Å². The molecule has 0 heterocycles. The number of carbonyl (C=O) groups excluding carboxylic acids is 1. The van der Waals surface area contributed by atoms with E-state index in [4.69, 9.17) is 34.8 Å². The van der Waals surface area contributed by atoms with E-state index < -0.39 is 0 Å². The molecule has 6 heteroatoms. The minimum atomic E-state index is -0.290. The van der Waals surface area contributed by atoms with Gasteiger partial charge in [-0.2, -0.15) is 0 Å². The molecule has 0 aliphatic carbocycles. The molecule has 0 saturated carbocycles. The van der Waals surface area contributed by atoms with Crippen molar-refractivity contribution in [3.63, 3.8) is 0 Å². The number of halogens is 3. The lowest BCUT2D eigenvalue weighted by Crippen LogP contribution is -2.13. The molecule has 1 amide bonds. The summed E-state index contributed by atoms with van der Waals surface area (Å²) in [6.45, 7) is 2.74. The monoisotopic (exact) mass is 432 g/mol. The summed E-state index contributed by atoms with van der Waals surface area (Å²) in [5.74, 6) is -0.290. The fourth-order valence-corrected chi connectivity index (χ4v) is 3.78. The molecule has 3 aromatic rings. The normalized spacial score (nSPS) is 10.6. The molecule has 0 aliphatic rings. The van der Waals surface area contributed by atoms with Gasteiger partial charge in [0.1, 0.15) is 0 Å². The van der Waals surface area contributed by atoms with Gasteiger partial charge in [0.25, 0.3) is 5.91 Å². The van der Waals surface area contributed by atoms with E-state index in [9.17, 15) is 4.79 Å². The molecule has 0 aliphatic heterocycles. The van der Waals surface area contributed by atoms with Gasteiger partial charge in [-0.15, -0.1) is 0 Å². The number of benzene rings is 3. The van der Waals surface area contributed by atoms with Crippen molar-refractivity contribution in [2.75, 3.05) is 10.6 Å². The molecule has 0 atom stereocenters. The molecular formula is C22H19Cl3N2O. The second kappa shape index (κ2) is 9.33. The Morgan fingerprint density at radius 2 is 1.64 bits per heavy atom. The largest absolute Gasteiger partial charge is 0.381 e. The number of nitrogens with one attached hydrogen (secondary N) is 2. The summed E-state index contributed by atoms with van der Waals surface area (Å²) >= 11 is 18.2. The Kier molecular flexibility index (Phi) is 6.84. The number of hydrogen-bond donors (Lipinski definition) is 2. The van der Waals surface area contributed by atoms with E-state index in [-0.39, 0.29) is 5.91 Å². The van der Waals surface area contributed by atoms with Crippen LogP contribution < -0.4 is 10.6 Å². The average molecular weight is 434 g/mol. The van der Waals surface area contributed by atoms with Crippen LogP contribution in [-0.4, -0.2) is 5.91 Å². The Bertz CT molecular complexity index is 982. The Hall–Kier alpha value is -2.20. The first-order valence-corrected chi connectivity index (χ1v) is 9.98. The molecule has 3 rings (SSSR count). The molecule has 0 fully saturated rings. The van der Waals surface area contributed by atoms with E-state index in [1.807, 2.05) is 30.3 Å². The smallest absolute Gasteiger partial charge is 0.255 e. The zero-order chi connectivity index (χ0) is 20.1. The maximum atomic E-state index is 12.6. The molecule has 0 radical (unpaired) electrons. The lowest BCUT2D eigenvalue weighted by atomic mass is 10.1. The number of amides is 1. The molecule has 144 valence electrons. The summed E-state index contributed by atoms with van der Waals surface area (Å²) in [4.78, 5) is 12.6. The molecule has 0 saturated heterocycles. The zero-order valence-electron chi connectivity index (χ0n) is 15.2. The first kappa shape index (κ1) is 20.5. The van der Waals surface area contributed by atoms with Gasteiger partial charge in [-0.05, 0) is 47.9 Å². The van der Waals surface area contributed by atoms with Crippen LogP contribution in [0.1, 0.15) is 28.4 Å². The van der Waals surface area contributed by atoms with E-state index >= 15 is 0 Å². The van der Waals surface area contributed by atoms with E-state index in [1.54, 1.807) is 6.07 Å². The van der Waals surface area contributed by atoms with Gasteiger partial charge in [-0.3, -0.25) is 4.79 Å². The molecule has 0 unspecified atom stereocenters. The molecule has 3 aromatic carbocycles. The summed E-state index contributed by atoms with van der Waals surface area (Å²) in [5.41, 5.74) is 4.21. The van der Waals surface area contributed by atoms with Crippen LogP contribution in [0.15, 0.2) is 60.7 Å². The fourth-order valence-electron chi connectivity index (χ4n) is 2.87. The Labute approximate surface area is 179 Å². The third-order valence-corrected chi connectivity index (χ3v) is 5.13. The lowest BCUT2D eigenvalue weighted by molar-refractivity contribution is 0.102. The van der Waals surface area contributed by atoms with Crippen LogP contribution in [0.2, 0.25) is 15.1 Å². The minimum Gasteiger partial charge on any atom is -0.381 e. The first-order valence-electron chi connectivity index (χ1n) is 8.84. The zero-order valence-corrected chi connectivity index (χ0v) is 17.5. The second-order valence-electron chi connectivity index (χ2n) is 6.26. The third-order valence-electron chi connectivity index (χ3n) is 4.32. The van der Waals surface area contributed by atoms with E-state index in [0.717, 1.165) is 17.7 Å². The van der Waals surface area contributed by atoms with Gasteiger partial charge in [-0.25, -0.2) is 0 Å². The van der Waals surface area contributed by atoms with E-state index in [0.29, 0.717) is 32.9 Å². The van der Waals surface area contributed by atoms with Crippen molar-refractivity contribution in [3.8, 4) is 0 Å². The van der Waals surface area contributed by atoms with Crippen molar-refractivity contribution >= 4 is 52.1 Å². The van der Waals surface area contributed by atoms with Crippen LogP contribution in [0.4, 0.5) is 11.4 Å². The highest BCUT2D eigenvalue weighted by molar-refractivity contribution is 6.42. The summed E-state index contributed by atoms with van der Waals surface area (Å²) in [5, 5.41) is 7.19. The summed E-state index contributed by atoms with van der Waals surface area (Å²) < 4.78 is 0. The molecular weight excluding hydrogens is 415 g/mol. The van der Waals surface area contributed by atoms with Gasteiger partial charge in [0.2, 0.25) is 0 Å². The summed E-state index contributed by atoms with van der Waals surface area (Å²) in [6, 6.07) is 18.7. The van der Waals surface area contributed by atoms with Crippen LogP contribution in [0.5, 0.6) is 0 Å². The van der Waals surface area contributed by atoms with E-state index in [1.165, 1.54) is 17.7 Å². The van der Waals surface area contributed by atoms with Crippen molar-refractivity contribution in [1.29, 1.82) is 0 Å². The molecule has 0 spiro atoms. The van der Waals surface area contributed by atoms with Crippen molar-refractivity contribution in [1.82, 2.24) is 0 Å². The highest BCUT2D eigenvalue weighted by Crippen LogP contribution is 2.34. The molecule has 28 heavy (non-hydrogen) atoms. The lowest BCUT2D eigenvalue weighted by Gasteiger charge is -2.12. The quantitative estimate of drug-likeness (QED) is 0.436. The topological polar surface area (TPSA) is 41.1 Å². The predicted molar refractivity (Wildman–Crippen MR) is 119 cm³/mol. The predicted octanol–water partition coefficient (Wildman–Crippen LogP) is 7.07. The SMILES string of the molecule is CCc1ccccc1NCc1cccc(C(=O)Nc2c(Cl)cc(Cl)cc2Cl)c1. The molecule has 0 aromatic heterocycles. The van der Waals surface area contributed by atoms with Crippen molar-refractivity contribution in [3.05, 3.63) is 92.4 Å². The Balaban J connectivity index is 1.73. The number of hydrogen-bond acceptors (Lipinski definition) is 2. The maximum Gasteiger partial charge on any atom is 0.255 e. The number of rotatable bonds is 6. The fraction of sp³-hybridized carbons (Fsp3) is 0.136. The van der Waals surface area contributed by atoms with Crippen LogP contribution in [-0.2, 0) is 13.0 Å². The van der Waals surface area contributed by atoms with Gasteiger partial charge in [-0.1, -0.05) is 72.1 Å². The molecule has 0 bridgehead atoms. The second-order valence-corrected chi connectivity index (χ2v) is 7.51. The van der Waals surface area contributed by atoms with Crippen LogP contribution in [0, 0.1) is 0 Å². The minimum absolute atomic E-state index is 0.290. The Morgan fingerprint density at radius 1 is 0.929 bits per heavy atom. The highest BCUT2D eigenvalue weighted by atomic mass is 35.5. The first-order chi connectivity index (χ1) is 13.5. The standard InChI is InChI=1S/C22H19Cl3N2O/c1-2-15-7-3-4-9-20(15)26-13-14-6-5-8-16(10-14)22(28)27-21-18(24)11-17(23)12-19(21)25/h3-12,26H,2,13H2,1H3,(H,27,28). The van der Waals surface area contributed by atoms with E-state index in [2.05, 4.69) is 29.7 Å². The molecule has 3 nitrogen and oxygen atoms in total. The summed E-state index contributed by atoms with van der Waals surface area (Å²) in [6.07, 6.45) is 0.953. The third kappa shape index (κ3) is 4.99. The number of anilines is 2. The van der Waals surface area contributed by atoms with Crippen LogP contribution >= 0.6 is 34.8 Å². The molecule has 2 N–H and O–H groups in total. The highest BCUT2D eigenvalue weighted by Gasteiger charge is 2.13. The number of para-hydroxylation sites is 1.